The van der Waals surface area contributed by atoms with Gasteiger partial charge in [0.15, 0.2) is 0 Å². The van der Waals surface area contributed by atoms with E-state index in [0.29, 0.717) is 47.4 Å². The zero-order valence-corrected chi connectivity index (χ0v) is 30.2. The van der Waals surface area contributed by atoms with E-state index in [1.165, 1.54) is 37.4 Å². The molecule has 0 aliphatic heterocycles. The van der Waals surface area contributed by atoms with Crippen LogP contribution in [0.15, 0.2) is 54.7 Å². The summed E-state index contributed by atoms with van der Waals surface area (Å²) in [6.45, 7) is 6.86. The molecule has 0 unspecified atom stereocenters. The number of aromatic nitrogens is 2. The van der Waals surface area contributed by atoms with Crippen LogP contribution in [0.5, 0.6) is 11.5 Å². The van der Waals surface area contributed by atoms with Crippen molar-refractivity contribution in [3.05, 3.63) is 82.8 Å². The monoisotopic (exact) mass is 670 g/mol. The maximum atomic E-state index is 14.6. The number of rotatable bonds is 13. The molecule has 1 atom stereocenters. The Kier molecular flexibility index (Phi) is 15.8. The molecule has 0 bridgehead atoms. The largest absolute Gasteiger partial charge is 1.00 e. The average molecular weight is 671 g/mol. The smallest absolute Gasteiger partial charge is 0.562 e. The number of alkyl halides is 3. The number of nitrogens with two attached hydrogens (primary N) is 1. The second kappa shape index (κ2) is 18.3. The van der Waals surface area contributed by atoms with Crippen LogP contribution in [0.25, 0.3) is 27.6 Å². The van der Waals surface area contributed by atoms with Crippen LogP contribution in [0, 0.1) is 12.7 Å². The molecular weight excluding hydrogens is 631 g/mol. The van der Waals surface area contributed by atoms with Crippen LogP contribution < -0.4 is 66.6 Å². The van der Waals surface area contributed by atoms with E-state index < -0.39 is 29.9 Å². The van der Waals surface area contributed by atoms with Crippen LogP contribution in [-0.4, -0.2) is 48.1 Å². The first-order valence-electron chi connectivity index (χ1n) is 14.7. The Hall–Kier alpha value is -2.36. The Labute approximate surface area is 309 Å². The van der Waals surface area contributed by atoms with Crippen molar-refractivity contribution in [2.45, 2.75) is 58.7 Å². The Morgan fingerprint density at radius 2 is 1.59 bits per heavy atom. The van der Waals surface area contributed by atoms with Gasteiger partial charge in [0.2, 0.25) is 5.60 Å². The fraction of sp³-hybridized carbons (Fsp3) is 0.394. The molecule has 0 saturated heterocycles. The van der Waals surface area contributed by atoms with Gasteiger partial charge in [0, 0.05) is 17.1 Å². The van der Waals surface area contributed by atoms with Gasteiger partial charge in [0.25, 0.3) is 0 Å². The third-order valence-electron chi connectivity index (χ3n) is 6.67. The zero-order valence-electron chi connectivity index (χ0n) is 27.0. The van der Waals surface area contributed by atoms with Crippen LogP contribution in [0.4, 0.5) is 23.2 Å². The Morgan fingerprint density at radius 3 is 2.20 bits per heavy atom. The molecule has 0 fully saturated rings. The van der Waals surface area contributed by atoms with E-state index in [2.05, 4.69) is 21.2 Å². The first-order chi connectivity index (χ1) is 21.5. The minimum absolute atomic E-state index is 0. The van der Waals surface area contributed by atoms with Crippen LogP contribution in [-0.2, 0) is 16.9 Å². The van der Waals surface area contributed by atoms with Crippen LogP contribution in [0.2, 0.25) is 0 Å². The maximum Gasteiger partial charge on any atom is 1.00 e. The van der Waals surface area contributed by atoms with E-state index in [0.717, 1.165) is 18.1 Å². The molecule has 8 nitrogen and oxygen atoms in total. The van der Waals surface area contributed by atoms with Gasteiger partial charge in [0.1, 0.15) is 28.5 Å². The van der Waals surface area contributed by atoms with Crippen LogP contribution in [0.3, 0.4) is 0 Å². The molecule has 0 aliphatic rings. The number of ether oxygens (including phenoxy) is 2. The second-order valence-electron chi connectivity index (χ2n) is 10.2. The number of hydrogen-bond donors (Lipinski definition) is 2. The number of fused-ring (bicyclic) bond motifs is 1. The first kappa shape index (κ1) is 39.8. The summed E-state index contributed by atoms with van der Waals surface area (Å²) in [7, 11) is 1.50. The van der Waals surface area contributed by atoms with Gasteiger partial charge in [-0.3, -0.25) is 4.98 Å². The van der Waals surface area contributed by atoms with E-state index in [-0.39, 0.29) is 74.9 Å². The van der Waals surface area contributed by atoms with E-state index in [9.17, 15) is 22.7 Å². The van der Waals surface area contributed by atoms with Crippen molar-refractivity contribution in [3.8, 4) is 22.8 Å². The van der Waals surface area contributed by atoms with Gasteiger partial charge in [-0.15, -0.1) is 5.69 Å². The van der Waals surface area contributed by atoms with E-state index in [4.69, 9.17) is 14.3 Å². The van der Waals surface area contributed by atoms with Crippen molar-refractivity contribution in [2.75, 3.05) is 26.9 Å². The van der Waals surface area contributed by atoms with Crippen molar-refractivity contribution >= 4 is 16.6 Å². The summed E-state index contributed by atoms with van der Waals surface area (Å²) in [6, 6.07) is 11.3. The molecule has 0 amide bonds. The summed E-state index contributed by atoms with van der Waals surface area (Å²) < 4.78 is 69.1. The molecule has 244 valence electrons. The molecule has 0 radical (unpaired) electrons. The summed E-state index contributed by atoms with van der Waals surface area (Å²) in [6.07, 6.45) is -1.84. The Morgan fingerprint density at radius 1 is 0.935 bits per heavy atom. The molecule has 46 heavy (non-hydrogen) atoms. The Balaban J connectivity index is 0.00000241. The predicted molar refractivity (Wildman–Crippen MR) is 166 cm³/mol. The fourth-order valence-electron chi connectivity index (χ4n) is 4.42. The van der Waals surface area contributed by atoms with Crippen molar-refractivity contribution in [1.29, 1.82) is 0 Å². The fourth-order valence-corrected chi connectivity index (χ4v) is 4.42. The number of nitrogens with zero attached hydrogens (tertiary/aromatic N) is 3. The van der Waals surface area contributed by atoms with Gasteiger partial charge in [0.05, 0.1) is 25.5 Å². The van der Waals surface area contributed by atoms with Crippen molar-refractivity contribution in [2.24, 2.45) is 5.73 Å². The summed E-state index contributed by atoms with van der Waals surface area (Å²) in [5.74, 6) is 0.166. The number of halogens is 4. The zero-order chi connectivity index (χ0) is 33.2. The van der Waals surface area contributed by atoms with Crippen LogP contribution >= 0.6 is 0 Å². The Bertz CT molecular complexity index is 1560. The van der Waals surface area contributed by atoms with Crippen molar-refractivity contribution < 1.29 is 88.4 Å². The van der Waals surface area contributed by atoms with Crippen LogP contribution in [0.1, 0.15) is 50.4 Å². The molecule has 4 rings (SSSR count). The van der Waals surface area contributed by atoms with E-state index in [1.807, 2.05) is 26.8 Å². The van der Waals surface area contributed by atoms with Gasteiger partial charge < -0.3 is 30.6 Å². The quantitative estimate of drug-likeness (QED) is 0.119. The number of aryl methyl sites for hydroxylation is 2. The molecule has 0 saturated carbocycles. The number of aliphatic hydroxyl groups is 1. The molecule has 2 heterocycles. The van der Waals surface area contributed by atoms with E-state index in [1.54, 1.807) is 19.2 Å². The van der Waals surface area contributed by atoms with Gasteiger partial charge in [-0.05, 0) is 86.8 Å². The maximum absolute atomic E-state index is 14.6. The third kappa shape index (κ3) is 9.60. The minimum Gasteiger partial charge on any atom is -0.562 e. The summed E-state index contributed by atoms with van der Waals surface area (Å²) in [5, 5.41) is 11.8. The minimum atomic E-state index is -5.19. The molecule has 2 aromatic carbocycles. The molecule has 13 heteroatoms. The van der Waals surface area contributed by atoms with Crippen molar-refractivity contribution in [1.82, 2.24) is 9.97 Å². The SMILES string of the molecule is CCCOc1c(CC)cc([C@@](O)(CO[N-]c2cc(OCCC)c3ncc(C)cc3c2)C(F)(F)F)nc1-c1ccc(F)cc1.CN.[K+]. The normalized spacial score (nSPS) is 12.4. The van der Waals surface area contributed by atoms with E-state index >= 15 is 0 Å². The van der Waals surface area contributed by atoms with Crippen molar-refractivity contribution in [3.63, 3.8) is 0 Å². The van der Waals surface area contributed by atoms with Gasteiger partial charge >= 0.3 is 57.6 Å². The number of benzene rings is 2. The first-order valence-corrected chi connectivity index (χ1v) is 14.7. The molecular formula is C33H39F4KN4O4. The van der Waals surface area contributed by atoms with Gasteiger partial charge in [-0.2, -0.15) is 13.2 Å². The van der Waals surface area contributed by atoms with Gasteiger partial charge in [-0.1, -0.05) is 26.8 Å². The molecule has 3 N–H and O–H groups in total. The third-order valence-corrected chi connectivity index (χ3v) is 6.67. The standard InChI is InChI=1S/C32H34F4N3O4.CH5N.K/c1-5-12-41-26-17-25(15-23-14-20(4)18-37-28(23)26)39-43-19-31(40,32(34,35)36)27-16-21(7-3)30(42-13-6-2)29(38-27)22-8-10-24(33)11-9-22;1-2;/h8-11,14-18,40H,5-7,12-13,19H2,1-4H3;2H2,1H3;/q-1;;+1/t31-;;/m0../s1. The summed E-state index contributed by atoms with van der Waals surface area (Å²) in [5.41, 5.74) is 6.61. The average Bonchev–Trinajstić information content (AvgIpc) is 3.02. The molecule has 4 aromatic rings. The topological polar surface area (TPSA) is 114 Å². The number of pyridine rings is 2. The molecule has 2 aromatic heterocycles. The number of hydrogen-bond acceptors (Lipinski definition) is 7. The summed E-state index contributed by atoms with van der Waals surface area (Å²) in [4.78, 5) is 13.8. The molecule has 0 spiro atoms. The second-order valence-corrected chi connectivity index (χ2v) is 10.2. The predicted octanol–water partition coefficient (Wildman–Crippen LogP) is 4.85. The summed E-state index contributed by atoms with van der Waals surface area (Å²) >= 11 is 0. The van der Waals surface area contributed by atoms with Gasteiger partial charge in [-0.25, -0.2) is 9.37 Å². The molecule has 0 aliphatic carbocycles.